The zero-order valence-corrected chi connectivity index (χ0v) is 10.5. The molecular weight excluding hydrogens is 196 g/mol. The Morgan fingerprint density at radius 3 is 2.19 bits per heavy atom. The monoisotopic (exact) mass is 218 g/mol. The van der Waals surface area contributed by atoms with Crippen LogP contribution in [-0.2, 0) is 4.79 Å². The maximum absolute atomic E-state index is 12.5. The summed E-state index contributed by atoms with van der Waals surface area (Å²) in [5.41, 5.74) is 2.16. The third kappa shape index (κ3) is 1.66. The summed E-state index contributed by atoms with van der Waals surface area (Å²) in [5, 5.41) is 0. The fraction of sp³-hybridized carbons (Fsp3) is 0.667. The molecule has 0 saturated heterocycles. The van der Waals surface area contributed by atoms with Crippen molar-refractivity contribution in [1.82, 2.24) is 0 Å². The summed E-state index contributed by atoms with van der Waals surface area (Å²) in [4.78, 5) is 12.5. The first-order valence-corrected chi connectivity index (χ1v) is 6.29. The van der Waals surface area contributed by atoms with Gasteiger partial charge in [0.15, 0.2) is 0 Å². The van der Waals surface area contributed by atoms with Gasteiger partial charge in [0.05, 0.1) is 0 Å². The highest BCUT2D eigenvalue weighted by molar-refractivity contribution is 5.91. The van der Waals surface area contributed by atoms with Crippen LogP contribution in [0, 0.1) is 17.3 Å². The van der Waals surface area contributed by atoms with E-state index < -0.39 is 0 Å². The molecule has 2 rings (SSSR count). The van der Waals surface area contributed by atoms with Gasteiger partial charge in [0.2, 0.25) is 0 Å². The van der Waals surface area contributed by atoms with E-state index in [2.05, 4.69) is 13.2 Å². The smallest absolute Gasteiger partial charge is 0.143 e. The van der Waals surface area contributed by atoms with Crippen molar-refractivity contribution in [3.63, 3.8) is 0 Å². The number of hydrogen-bond donors (Lipinski definition) is 0. The number of ketones is 1. The predicted molar refractivity (Wildman–Crippen MR) is 67.1 cm³/mol. The molecule has 2 saturated carbocycles. The third-order valence-corrected chi connectivity index (χ3v) is 4.31. The number of hydrogen-bond acceptors (Lipinski definition) is 1. The molecule has 2 atom stereocenters. The summed E-state index contributed by atoms with van der Waals surface area (Å²) >= 11 is 0. The lowest BCUT2D eigenvalue weighted by Crippen LogP contribution is -2.37. The molecule has 1 nitrogen and oxygen atoms in total. The molecule has 0 radical (unpaired) electrons. The Kier molecular flexibility index (Phi) is 2.81. The van der Waals surface area contributed by atoms with Crippen LogP contribution in [-0.4, -0.2) is 5.78 Å². The standard InChI is InChI=1S/C15H22O/c1-10(2)8-15(9-11(3)4)13-6-5-12(7-13)14(15)16/h12-13H,1,3,5-9H2,2,4H3/t12-,13+/m1/s1. The highest BCUT2D eigenvalue weighted by Crippen LogP contribution is 2.58. The molecule has 2 aliphatic rings. The van der Waals surface area contributed by atoms with E-state index >= 15 is 0 Å². The summed E-state index contributed by atoms with van der Waals surface area (Å²) in [5.74, 6) is 1.46. The topological polar surface area (TPSA) is 17.1 Å². The van der Waals surface area contributed by atoms with Gasteiger partial charge in [-0.25, -0.2) is 0 Å². The van der Waals surface area contributed by atoms with Crippen molar-refractivity contribution in [3.8, 4) is 0 Å². The van der Waals surface area contributed by atoms with E-state index in [0.29, 0.717) is 17.6 Å². The van der Waals surface area contributed by atoms with Crippen LogP contribution >= 0.6 is 0 Å². The van der Waals surface area contributed by atoms with Gasteiger partial charge >= 0.3 is 0 Å². The zero-order chi connectivity index (χ0) is 11.9. The minimum atomic E-state index is -0.124. The Labute approximate surface area is 98.6 Å². The van der Waals surface area contributed by atoms with Crippen molar-refractivity contribution in [2.24, 2.45) is 17.3 Å². The molecule has 0 aliphatic heterocycles. The predicted octanol–water partition coefficient (Wildman–Crippen LogP) is 3.90. The van der Waals surface area contributed by atoms with Crippen molar-refractivity contribution < 1.29 is 4.79 Å². The van der Waals surface area contributed by atoms with Gasteiger partial charge in [0.1, 0.15) is 5.78 Å². The maximum Gasteiger partial charge on any atom is 0.143 e. The van der Waals surface area contributed by atoms with Crippen molar-refractivity contribution >= 4 is 5.78 Å². The maximum atomic E-state index is 12.5. The fourth-order valence-electron chi connectivity index (χ4n) is 3.93. The highest BCUT2D eigenvalue weighted by atomic mass is 16.1. The minimum Gasteiger partial charge on any atom is -0.299 e. The van der Waals surface area contributed by atoms with Gasteiger partial charge < -0.3 is 0 Å². The van der Waals surface area contributed by atoms with E-state index in [1.54, 1.807) is 0 Å². The van der Waals surface area contributed by atoms with Crippen LogP contribution in [0.4, 0.5) is 0 Å². The average Bonchev–Trinajstić information content (AvgIpc) is 2.68. The molecule has 0 spiro atoms. The lowest BCUT2D eigenvalue weighted by atomic mass is 9.65. The minimum absolute atomic E-state index is 0.124. The first-order valence-electron chi connectivity index (χ1n) is 6.29. The van der Waals surface area contributed by atoms with E-state index in [1.807, 2.05) is 13.8 Å². The Balaban J connectivity index is 2.30. The van der Waals surface area contributed by atoms with Crippen LogP contribution in [0.25, 0.3) is 0 Å². The second-order valence-corrected chi connectivity index (χ2v) is 6.00. The molecule has 0 aromatic heterocycles. The van der Waals surface area contributed by atoms with Gasteiger partial charge in [0, 0.05) is 11.3 Å². The van der Waals surface area contributed by atoms with Gasteiger partial charge in [-0.15, -0.1) is 13.2 Å². The highest BCUT2D eigenvalue weighted by Gasteiger charge is 2.56. The molecule has 0 heterocycles. The molecular formula is C15H22O. The van der Waals surface area contributed by atoms with Crippen LogP contribution in [0.2, 0.25) is 0 Å². The SMILES string of the molecule is C=C(C)CC1(CC(=C)C)C(=O)[C@@H]2CC[C@H]1C2. The second-order valence-electron chi connectivity index (χ2n) is 6.00. The average molecular weight is 218 g/mol. The molecule has 0 aromatic rings. The van der Waals surface area contributed by atoms with E-state index in [4.69, 9.17) is 0 Å². The van der Waals surface area contributed by atoms with Crippen molar-refractivity contribution in [1.29, 1.82) is 0 Å². The molecule has 88 valence electrons. The Morgan fingerprint density at radius 2 is 1.81 bits per heavy atom. The molecule has 0 unspecified atom stereocenters. The Morgan fingerprint density at radius 1 is 1.25 bits per heavy atom. The quantitative estimate of drug-likeness (QED) is 0.654. The number of Topliss-reactive ketones (excluding diaryl/α,β-unsaturated/α-hetero) is 1. The van der Waals surface area contributed by atoms with E-state index in [1.165, 1.54) is 6.42 Å². The molecule has 2 aliphatic carbocycles. The first kappa shape index (κ1) is 11.6. The van der Waals surface area contributed by atoms with Crippen molar-refractivity contribution in [3.05, 3.63) is 24.3 Å². The second kappa shape index (κ2) is 3.87. The van der Waals surface area contributed by atoms with Gasteiger partial charge in [-0.1, -0.05) is 11.1 Å². The van der Waals surface area contributed by atoms with Gasteiger partial charge in [0.25, 0.3) is 0 Å². The normalized spacial score (nSPS) is 30.8. The van der Waals surface area contributed by atoms with Crippen LogP contribution in [0.1, 0.15) is 46.0 Å². The third-order valence-electron chi connectivity index (χ3n) is 4.31. The molecule has 0 amide bonds. The van der Waals surface area contributed by atoms with Crippen LogP contribution in [0.15, 0.2) is 24.3 Å². The molecule has 0 N–H and O–H groups in total. The summed E-state index contributed by atoms with van der Waals surface area (Å²) in [6.45, 7) is 12.1. The van der Waals surface area contributed by atoms with E-state index in [0.717, 1.165) is 36.8 Å². The first-order chi connectivity index (χ1) is 7.45. The molecule has 16 heavy (non-hydrogen) atoms. The largest absolute Gasteiger partial charge is 0.299 e. The Bertz CT molecular complexity index is 334. The summed E-state index contributed by atoms with van der Waals surface area (Å²) in [7, 11) is 0. The van der Waals surface area contributed by atoms with Gasteiger partial charge in [-0.2, -0.15) is 0 Å². The number of allylic oxidation sites excluding steroid dienone is 2. The van der Waals surface area contributed by atoms with Crippen LogP contribution < -0.4 is 0 Å². The number of carbonyl (C=O) groups excluding carboxylic acids is 1. The molecule has 2 fully saturated rings. The summed E-state index contributed by atoms with van der Waals surface area (Å²) < 4.78 is 0. The van der Waals surface area contributed by atoms with E-state index in [9.17, 15) is 4.79 Å². The lowest BCUT2D eigenvalue weighted by molar-refractivity contribution is -0.132. The van der Waals surface area contributed by atoms with Crippen molar-refractivity contribution in [2.45, 2.75) is 46.0 Å². The van der Waals surface area contributed by atoms with Crippen molar-refractivity contribution in [2.75, 3.05) is 0 Å². The van der Waals surface area contributed by atoms with Crippen LogP contribution in [0.5, 0.6) is 0 Å². The zero-order valence-electron chi connectivity index (χ0n) is 10.5. The summed E-state index contributed by atoms with van der Waals surface area (Å²) in [6, 6.07) is 0. The lowest BCUT2D eigenvalue weighted by Gasteiger charge is -2.37. The number of fused-ring (bicyclic) bond motifs is 2. The van der Waals surface area contributed by atoms with Gasteiger partial charge in [-0.05, 0) is 51.9 Å². The Hall–Kier alpha value is -0.850. The van der Waals surface area contributed by atoms with Gasteiger partial charge in [-0.3, -0.25) is 4.79 Å². The summed E-state index contributed by atoms with van der Waals surface area (Å²) in [6.07, 6.45) is 5.23. The number of carbonyl (C=O) groups is 1. The molecule has 1 heteroatoms. The van der Waals surface area contributed by atoms with Crippen LogP contribution in [0.3, 0.4) is 0 Å². The van der Waals surface area contributed by atoms with E-state index in [-0.39, 0.29) is 5.41 Å². The fourth-order valence-corrected chi connectivity index (χ4v) is 3.93. The number of rotatable bonds is 4. The molecule has 0 aromatic carbocycles. The molecule has 2 bridgehead atoms.